The van der Waals surface area contributed by atoms with Crippen molar-refractivity contribution in [2.45, 2.75) is 64.9 Å². The Morgan fingerprint density at radius 3 is 1.93 bits per heavy atom. The molecule has 0 heterocycles. The highest BCUT2D eigenvalue weighted by Gasteiger charge is 2.17. The van der Waals surface area contributed by atoms with Crippen molar-refractivity contribution < 1.29 is 9.90 Å². The van der Waals surface area contributed by atoms with Gasteiger partial charge in [-0.1, -0.05) is 93.5 Å². The number of hydrogen-bond donors (Lipinski definition) is 2. The van der Waals surface area contributed by atoms with Crippen molar-refractivity contribution >= 4 is 5.91 Å². The van der Waals surface area contributed by atoms with Crippen molar-refractivity contribution in [2.24, 2.45) is 0 Å². The topological polar surface area (TPSA) is 49.3 Å². The van der Waals surface area contributed by atoms with E-state index in [-0.39, 0.29) is 12.5 Å². The number of amides is 1. The van der Waals surface area contributed by atoms with Crippen LogP contribution in [0.15, 0.2) is 72.9 Å². The van der Waals surface area contributed by atoms with Gasteiger partial charge in [-0.15, -0.1) is 0 Å². The van der Waals surface area contributed by atoms with E-state index in [2.05, 4.69) is 36.5 Å². The molecule has 1 unspecified atom stereocenters. The molecular weight excluding hydrogens is 334 g/mol. The van der Waals surface area contributed by atoms with Crippen LogP contribution in [0.3, 0.4) is 0 Å². The first-order valence-electron chi connectivity index (χ1n) is 10.00. The zero-order valence-corrected chi connectivity index (χ0v) is 17.2. The van der Waals surface area contributed by atoms with Crippen molar-refractivity contribution in [2.75, 3.05) is 6.54 Å². The predicted octanol–water partition coefficient (Wildman–Crippen LogP) is 5.57. The van der Waals surface area contributed by atoms with E-state index >= 15 is 0 Å². The summed E-state index contributed by atoms with van der Waals surface area (Å²) in [7, 11) is 0. The van der Waals surface area contributed by atoms with Gasteiger partial charge in [-0.2, -0.15) is 0 Å². The molecule has 0 rings (SSSR count). The normalized spacial score (nSPS) is 15.3. The van der Waals surface area contributed by atoms with Crippen molar-refractivity contribution in [1.82, 2.24) is 5.32 Å². The minimum absolute atomic E-state index is 0.188. The molecule has 0 bridgehead atoms. The minimum atomic E-state index is -0.846. The highest BCUT2D eigenvalue weighted by atomic mass is 16.3. The molecule has 27 heavy (non-hydrogen) atoms. The lowest BCUT2D eigenvalue weighted by Crippen LogP contribution is -2.39. The van der Waals surface area contributed by atoms with E-state index in [9.17, 15) is 9.90 Å². The van der Waals surface area contributed by atoms with Gasteiger partial charge in [-0.3, -0.25) is 4.79 Å². The fourth-order valence-electron chi connectivity index (χ4n) is 1.90. The molecule has 0 radical (unpaired) electrons. The van der Waals surface area contributed by atoms with E-state index in [0.29, 0.717) is 6.42 Å². The number of allylic oxidation sites excluding steroid dienone is 11. The van der Waals surface area contributed by atoms with Crippen LogP contribution < -0.4 is 5.32 Å². The van der Waals surface area contributed by atoms with Crippen molar-refractivity contribution in [1.29, 1.82) is 0 Å². The molecule has 0 spiro atoms. The summed E-state index contributed by atoms with van der Waals surface area (Å²) in [6.07, 6.45) is 29.8. The first kappa shape index (κ1) is 24.9. The monoisotopic (exact) mass is 371 g/mol. The smallest absolute Gasteiger partial charge is 0.244 e. The maximum Gasteiger partial charge on any atom is 0.244 e. The Hall–Kier alpha value is -2.13. The predicted molar refractivity (Wildman–Crippen MR) is 118 cm³/mol. The van der Waals surface area contributed by atoms with Gasteiger partial charge in [0, 0.05) is 12.6 Å². The summed E-state index contributed by atoms with van der Waals surface area (Å²) in [6.45, 7) is 6.06. The van der Waals surface area contributed by atoms with Crippen LogP contribution in [-0.2, 0) is 4.79 Å². The first-order valence-corrected chi connectivity index (χ1v) is 10.00. The summed E-state index contributed by atoms with van der Waals surface area (Å²) in [5, 5.41) is 12.5. The number of hydrogen-bond acceptors (Lipinski definition) is 2. The van der Waals surface area contributed by atoms with E-state index in [1.54, 1.807) is 13.0 Å². The fourth-order valence-corrected chi connectivity index (χ4v) is 1.90. The fraction of sp³-hybridized carbons (Fsp3) is 0.458. The van der Waals surface area contributed by atoms with E-state index in [4.69, 9.17) is 0 Å². The van der Waals surface area contributed by atoms with Gasteiger partial charge in [-0.05, 0) is 32.6 Å². The van der Waals surface area contributed by atoms with Gasteiger partial charge >= 0.3 is 0 Å². The summed E-state index contributed by atoms with van der Waals surface area (Å²) in [5.74, 6) is -0.188. The lowest BCUT2D eigenvalue weighted by atomic mass is 10.0. The standard InChI is InChI=1S/C24H37NO2/c1-4-6-7-8-9-10-11-12-13-14-15-16-17-18-19-20-21-23(26)25-22-24(3,27)5-2/h8-15,18-21,27H,4-7,16-17,22H2,1-3H3,(H,25,26). The van der Waals surface area contributed by atoms with E-state index < -0.39 is 5.60 Å². The maximum absolute atomic E-state index is 11.6. The highest BCUT2D eigenvalue weighted by molar-refractivity contribution is 5.87. The first-order chi connectivity index (χ1) is 13.0. The van der Waals surface area contributed by atoms with E-state index in [0.717, 1.165) is 19.3 Å². The van der Waals surface area contributed by atoms with Crippen molar-refractivity contribution in [3.05, 3.63) is 72.9 Å². The van der Waals surface area contributed by atoms with Gasteiger partial charge in [0.05, 0.1) is 5.60 Å². The molecule has 2 N–H and O–H groups in total. The van der Waals surface area contributed by atoms with Crippen LogP contribution in [0, 0.1) is 0 Å². The van der Waals surface area contributed by atoms with Gasteiger partial charge in [0.2, 0.25) is 5.91 Å². The Morgan fingerprint density at radius 1 is 0.852 bits per heavy atom. The molecule has 0 fully saturated rings. The third-order valence-corrected chi connectivity index (χ3v) is 3.95. The molecule has 1 atom stereocenters. The molecule has 3 heteroatoms. The molecule has 0 aliphatic heterocycles. The quantitative estimate of drug-likeness (QED) is 0.238. The summed E-state index contributed by atoms with van der Waals surface area (Å²) in [5.41, 5.74) is -0.846. The maximum atomic E-state index is 11.6. The Labute approximate surface area is 166 Å². The van der Waals surface area contributed by atoms with Crippen LogP contribution >= 0.6 is 0 Å². The summed E-state index contributed by atoms with van der Waals surface area (Å²) >= 11 is 0. The van der Waals surface area contributed by atoms with Crippen LogP contribution in [-0.4, -0.2) is 23.2 Å². The Morgan fingerprint density at radius 2 is 1.37 bits per heavy atom. The van der Waals surface area contributed by atoms with Crippen LogP contribution in [0.4, 0.5) is 0 Å². The van der Waals surface area contributed by atoms with Crippen LogP contribution in [0.1, 0.15) is 59.3 Å². The number of nitrogens with one attached hydrogen (secondary N) is 1. The Bertz CT molecular complexity index is 549. The third-order valence-electron chi connectivity index (χ3n) is 3.95. The number of rotatable bonds is 14. The summed E-state index contributed by atoms with van der Waals surface area (Å²) in [4.78, 5) is 11.6. The number of carbonyl (C=O) groups is 1. The van der Waals surface area contributed by atoms with Gasteiger partial charge < -0.3 is 10.4 Å². The van der Waals surface area contributed by atoms with Gasteiger partial charge in [0.1, 0.15) is 0 Å². The molecule has 150 valence electrons. The lowest BCUT2D eigenvalue weighted by molar-refractivity contribution is -0.117. The minimum Gasteiger partial charge on any atom is -0.388 e. The number of carbonyl (C=O) groups excluding carboxylic acids is 1. The second kappa shape index (κ2) is 17.3. The summed E-state index contributed by atoms with van der Waals surface area (Å²) in [6, 6.07) is 0. The summed E-state index contributed by atoms with van der Waals surface area (Å²) < 4.78 is 0. The zero-order valence-electron chi connectivity index (χ0n) is 17.2. The Kier molecular flexibility index (Phi) is 15.9. The van der Waals surface area contributed by atoms with Gasteiger partial charge in [-0.25, -0.2) is 0 Å². The van der Waals surface area contributed by atoms with Crippen molar-refractivity contribution in [3.8, 4) is 0 Å². The van der Waals surface area contributed by atoms with E-state index in [1.807, 2.05) is 43.4 Å². The number of aliphatic hydroxyl groups is 1. The molecule has 0 aromatic heterocycles. The highest BCUT2D eigenvalue weighted by Crippen LogP contribution is 2.05. The molecule has 0 aromatic rings. The third kappa shape index (κ3) is 18.5. The molecule has 0 aliphatic carbocycles. The molecule has 0 aliphatic rings. The van der Waals surface area contributed by atoms with Gasteiger partial charge in [0.25, 0.3) is 0 Å². The SMILES string of the molecule is CCCCC=CC=CC=CC=CCCC=CC=CC(=O)NCC(C)(O)CC. The molecule has 0 aromatic carbocycles. The molecular formula is C24H37NO2. The molecule has 0 saturated carbocycles. The van der Waals surface area contributed by atoms with E-state index in [1.165, 1.54) is 18.9 Å². The second-order valence-corrected chi connectivity index (χ2v) is 6.70. The second-order valence-electron chi connectivity index (χ2n) is 6.70. The van der Waals surface area contributed by atoms with Crippen LogP contribution in [0.25, 0.3) is 0 Å². The molecule has 3 nitrogen and oxygen atoms in total. The largest absolute Gasteiger partial charge is 0.388 e. The van der Waals surface area contributed by atoms with Crippen LogP contribution in [0.5, 0.6) is 0 Å². The lowest BCUT2D eigenvalue weighted by Gasteiger charge is -2.20. The number of unbranched alkanes of at least 4 members (excludes halogenated alkanes) is 3. The van der Waals surface area contributed by atoms with Gasteiger partial charge in [0.15, 0.2) is 0 Å². The molecule has 0 saturated heterocycles. The average molecular weight is 372 g/mol. The Balaban J connectivity index is 3.80. The van der Waals surface area contributed by atoms with Crippen molar-refractivity contribution in [3.63, 3.8) is 0 Å². The zero-order chi connectivity index (χ0) is 20.2. The average Bonchev–Trinajstić information content (AvgIpc) is 2.66. The van der Waals surface area contributed by atoms with Crippen LogP contribution in [0.2, 0.25) is 0 Å². The molecule has 1 amide bonds.